The molecule has 0 saturated carbocycles. The maximum absolute atomic E-state index is 4.46. The van der Waals surface area contributed by atoms with Crippen LogP contribution in [0.15, 0.2) is 16.7 Å². The molecular formula is C9H11BrN4. The van der Waals surface area contributed by atoms with Crippen LogP contribution in [-0.4, -0.2) is 21.6 Å². The van der Waals surface area contributed by atoms with Crippen LogP contribution >= 0.6 is 15.9 Å². The van der Waals surface area contributed by atoms with E-state index in [0.717, 1.165) is 28.2 Å². The van der Waals surface area contributed by atoms with E-state index < -0.39 is 0 Å². The first-order valence-electron chi connectivity index (χ1n) is 4.48. The van der Waals surface area contributed by atoms with Gasteiger partial charge in [0.2, 0.25) is 0 Å². The van der Waals surface area contributed by atoms with Gasteiger partial charge in [-0.05, 0) is 34.5 Å². The molecule has 0 spiro atoms. The third-order valence-corrected chi connectivity index (χ3v) is 2.51. The minimum atomic E-state index is 0.807. The van der Waals surface area contributed by atoms with Crippen molar-refractivity contribution >= 4 is 27.4 Å². The molecule has 0 fully saturated rings. The molecule has 74 valence electrons. The van der Waals surface area contributed by atoms with Crippen LogP contribution in [0.3, 0.4) is 0 Å². The number of halogens is 1. The number of fused-ring (bicyclic) bond motifs is 1. The van der Waals surface area contributed by atoms with Gasteiger partial charge in [0, 0.05) is 7.05 Å². The minimum absolute atomic E-state index is 0.807. The number of rotatable bonds is 2. The lowest BCUT2D eigenvalue weighted by atomic mass is 10.3. The van der Waals surface area contributed by atoms with Gasteiger partial charge in [0.05, 0.1) is 5.69 Å². The molecule has 0 aromatic carbocycles. The third-order valence-electron chi connectivity index (χ3n) is 2.09. The highest BCUT2D eigenvalue weighted by molar-refractivity contribution is 9.10. The number of hydrogen-bond acceptors (Lipinski definition) is 3. The Labute approximate surface area is 90.5 Å². The van der Waals surface area contributed by atoms with E-state index in [2.05, 4.69) is 38.3 Å². The van der Waals surface area contributed by atoms with Crippen molar-refractivity contribution in [1.29, 1.82) is 0 Å². The zero-order chi connectivity index (χ0) is 10.1. The second kappa shape index (κ2) is 3.57. The van der Waals surface area contributed by atoms with Crippen molar-refractivity contribution in [3.8, 4) is 0 Å². The topological polar surface area (TPSA) is 42.2 Å². The molecule has 2 heterocycles. The van der Waals surface area contributed by atoms with E-state index in [1.807, 2.05) is 23.7 Å². The fourth-order valence-corrected chi connectivity index (χ4v) is 1.74. The number of nitrogens with zero attached hydrogens (tertiary/aromatic N) is 3. The Kier molecular flexibility index (Phi) is 2.41. The summed E-state index contributed by atoms with van der Waals surface area (Å²) in [5.41, 5.74) is 1.91. The Bertz CT molecular complexity index is 463. The summed E-state index contributed by atoms with van der Waals surface area (Å²) >= 11 is 3.34. The van der Waals surface area contributed by atoms with Gasteiger partial charge >= 0.3 is 0 Å². The maximum atomic E-state index is 4.46. The quantitative estimate of drug-likeness (QED) is 0.893. The largest absolute Gasteiger partial charge is 0.372 e. The van der Waals surface area contributed by atoms with Gasteiger partial charge in [-0.1, -0.05) is 6.92 Å². The van der Waals surface area contributed by atoms with Gasteiger partial charge in [-0.2, -0.15) is 9.61 Å². The Hall–Kier alpha value is -1.10. The number of hydrogen-bond donors (Lipinski definition) is 1. The van der Waals surface area contributed by atoms with Crippen molar-refractivity contribution < 1.29 is 0 Å². The molecule has 0 radical (unpaired) electrons. The van der Waals surface area contributed by atoms with Gasteiger partial charge in [-0.25, -0.2) is 4.98 Å². The zero-order valence-electron chi connectivity index (χ0n) is 8.08. The summed E-state index contributed by atoms with van der Waals surface area (Å²) < 4.78 is 2.62. The highest BCUT2D eigenvalue weighted by Gasteiger charge is 2.09. The number of aromatic nitrogens is 3. The lowest BCUT2D eigenvalue weighted by molar-refractivity contribution is 0.916. The molecule has 1 N–H and O–H groups in total. The predicted molar refractivity (Wildman–Crippen MR) is 59.6 cm³/mol. The molecule has 0 saturated heterocycles. The minimum Gasteiger partial charge on any atom is -0.372 e. The van der Waals surface area contributed by atoms with E-state index in [9.17, 15) is 0 Å². The van der Waals surface area contributed by atoms with Crippen LogP contribution in [0, 0.1) is 0 Å². The summed E-state index contributed by atoms with van der Waals surface area (Å²) in [7, 11) is 1.88. The average molecular weight is 255 g/mol. The monoisotopic (exact) mass is 254 g/mol. The molecule has 0 aliphatic heterocycles. The molecule has 0 amide bonds. The lowest BCUT2D eigenvalue weighted by Gasteiger charge is -2.00. The van der Waals surface area contributed by atoms with E-state index >= 15 is 0 Å². The predicted octanol–water partition coefficient (Wildman–Crippen LogP) is 2.10. The van der Waals surface area contributed by atoms with Crippen molar-refractivity contribution in [2.24, 2.45) is 0 Å². The van der Waals surface area contributed by atoms with Crippen LogP contribution in [0.25, 0.3) is 5.65 Å². The first kappa shape index (κ1) is 9.45. The molecule has 4 nitrogen and oxygen atoms in total. The summed E-state index contributed by atoms with van der Waals surface area (Å²) in [6, 6.07) is 3.83. The van der Waals surface area contributed by atoms with Gasteiger partial charge in [0.1, 0.15) is 4.60 Å². The standard InChI is InChI=1S/C9H11BrN4/c1-3-6-9(11-2)14-8(12-6)5-4-7(10)13-14/h4-5,11H,3H2,1-2H3. The summed E-state index contributed by atoms with van der Waals surface area (Å²) in [4.78, 5) is 4.46. The summed E-state index contributed by atoms with van der Waals surface area (Å²) in [6.07, 6.45) is 0.900. The van der Waals surface area contributed by atoms with E-state index in [4.69, 9.17) is 0 Å². The molecule has 0 unspecified atom stereocenters. The van der Waals surface area contributed by atoms with Gasteiger partial charge in [-0.15, -0.1) is 0 Å². The lowest BCUT2D eigenvalue weighted by Crippen LogP contribution is -1.99. The highest BCUT2D eigenvalue weighted by Crippen LogP contribution is 2.18. The molecule has 0 aliphatic rings. The van der Waals surface area contributed by atoms with E-state index in [1.54, 1.807) is 0 Å². The normalized spacial score (nSPS) is 10.8. The van der Waals surface area contributed by atoms with E-state index in [-0.39, 0.29) is 0 Å². The second-order valence-corrected chi connectivity index (χ2v) is 3.75. The molecule has 2 rings (SSSR count). The Morgan fingerprint density at radius 1 is 1.50 bits per heavy atom. The van der Waals surface area contributed by atoms with Crippen molar-refractivity contribution in [3.63, 3.8) is 0 Å². The maximum Gasteiger partial charge on any atom is 0.156 e. The fraction of sp³-hybridized carbons (Fsp3) is 0.333. The van der Waals surface area contributed by atoms with Gasteiger partial charge in [-0.3, -0.25) is 0 Å². The van der Waals surface area contributed by atoms with Crippen LogP contribution in [0.5, 0.6) is 0 Å². The molecule has 0 bridgehead atoms. The van der Waals surface area contributed by atoms with E-state index in [0.29, 0.717) is 0 Å². The zero-order valence-corrected chi connectivity index (χ0v) is 9.67. The molecule has 0 atom stereocenters. The molecule has 0 aliphatic carbocycles. The van der Waals surface area contributed by atoms with Crippen LogP contribution < -0.4 is 5.32 Å². The summed E-state index contributed by atoms with van der Waals surface area (Å²) in [5, 5.41) is 7.44. The smallest absolute Gasteiger partial charge is 0.156 e. The van der Waals surface area contributed by atoms with Crippen LogP contribution in [0.2, 0.25) is 0 Å². The molecule has 2 aromatic rings. The number of aryl methyl sites for hydroxylation is 1. The van der Waals surface area contributed by atoms with Gasteiger partial charge in [0.15, 0.2) is 11.5 Å². The third kappa shape index (κ3) is 1.37. The van der Waals surface area contributed by atoms with Crippen molar-refractivity contribution in [2.45, 2.75) is 13.3 Å². The van der Waals surface area contributed by atoms with Gasteiger partial charge < -0.3 is 5.32 Å². The molecule has 5 heteroatoms. The van der Waals surface area contributed by atoms with Crippen LogP contribution in [0.1, 0.15) is 12.6 Å². The van der Waals surface area contributed by atoms with E-state index in [1.165, 1.54) is 0 Å². The number of imidazole rings is 1. The molecular weight excluding hydrogens is 244 g/mol. The first-order valence-corrected chi connectivity index (χ1v) is 5.27. The molecule has 14 heavy (non-hydrogen) atoms. The fourth-order valence-electron chi connectivity index (χ4n) is 1.45. The van der Waals surface area contributed by atoms with Crippen molar-refractivity contribution in [1.82, 2.24) is 14.6 Å². The van der Waals surface area contributed by atoms with Gasteiger partial charge in [0.25, 0.3) is 0 Å². The highest BCUT2D eigenvalue weighted by atomic mass is 79.9. The van der Waals surface area contributed by atoms with Crippen molar-refractivity contribution in [2.75, 3.05) is 12.4 Å². The average Bonchev–Trinajstić information content (AvgIpc) is 2.54. The summed E-state index contributed by atoms with van der Waals surface area (Å²) in [6.45, 7) is 2.08. The van der Waals surface area contributed by atoms with Crippen LogP contribution in [0.4, 0.5) is 5.82 Å². The van der Waals surface area contributed by atoms with Crippen molar-refractivity contribution in [3.05, 3.63) is 22.4 Å². The van der Waals surface area contributed by atoms with Crippen LogP contribution in [-0.2, 0) is 6.42 Å². The summed E-state index contributed by atoms with van der Waals surface area (Å²) in [5.74, 6) is 0.962. The Morgan fingerprint density at radius 3 is 2.93 bits per heavy atom. The Morgan fingerprint density at radius 2 is 2.29 bits per heavy atom. The SMILES string of the molecule is CCc1nc2ccc(Br)nn2c1NC. The molecule has 2 aromatic heterocycles. The number of nitrogens with one attached hydrogen (secondary N) is 1. The number of anilines is 1. The Balaban J connectivity index is 2.74. The second-order valence-electron chi connectivity index (χ2n) is 2.94. The first-order chi connectivity index (χ1) is 6.76.